The van der Waals surface area contributed by atoms with Crippen LogP contribution in [0.3, 0.4) is 0 Å². The van der Waals surface area contributed by atoms with Gasteiger partial charge in [0.1, 0.15) is 5.60 Å². The molecule has 1 fully saturated rings. The number of carbonyl (C=O) groups excluding carboxylic acids is 1. The van der Waals surface area contributed by atoms with E-state index < -0.39 is 5.60 Å². The number of rotatable bonds is 0. The highest BCUT2D eigenvalue weighted by molar-refractivity contribution is 5.68. The van der Waals surface area contributed by atoms with Crippen molar-refractivity contribution in [2.75, 3.05) is 13.1 Å². The molecule has 1 saturated heterocycles. The van der Waals surface area contributed by atoms with Crippen LogP contribution in [0.1, 0.15) is 39.2 Å². The Labute approximate surface area is 137 Å². The van der Waals surface area contributed by atoms with Crippen molar-refractivity contribution in [1.82, 2.24) is 4.90 Å². The van der Waals surface area contributed by atoms with E-state index >= 15 is 0 Å². The minimum Gasteiger partial charge on any atom is -0.444 e. The summed E-state index contributed by atoms with van der Waals surface area (Å²) in [5, 5.41) is 0. The Kier molecular flexibility index (Phi) is 5.44. The number of hydrogen-bond acceptors (Lipinski definition) is 2. The molecule has 0 N–H and O–H groups in total. The molecule has 0 atom stereocenters. The second-order valence-electron chi connectivity index (χ2n) is 6.50. The van der Waals surface area contributed by atoms with Crippen molar-refractivity contribution in [2.24, 2.45) is 0 Å². The molecular weight excluding hydrogens is 293 g/mol. The number of benzene rings is 1. The van der Waals surface area contributed by atoms with Crippen molar-refractivity contribution in [2.45, 2.75) is 39.2 Å². The molecule has 3 nitrogen and oxygen atoms in total. The Morgan fingerprint density at radius 1 is 1.17 bits per heavy atom. The summed E-state index contributed by atoms with van der Waals surface area (Å²) in [6, 6.07) is 9.32. The van der Waals surface area contributed by atoms with E-state index in [-0.39, 0.29) is 11.9 Å². The van der Waals surface area contributed by atoms with E-state index in [4.69, 9.17) is 4.74 Å². The smallest absolute Gasteiger partial charge is 0.410 e. The van der Waals surface area contributed by atoms with E-state index in [0.29, 0.717) is 31.5 Å². The van der Waals surface area contributed by atoms with Crippen molar-refractivity contribution in [3.63, 3.8) is 0 Å². The van der Waals surface area contributed by atoms with Gasteiger partial charge in [-0.25, -0.2) is 4.79 Å². The lowest BCUT2D eigenvalue weighted by Gasteiger charge is -2.30. The van der Waals surface area contributed by atoms with E-state index in [1.807, 2.05) is 51.1 Å². The number of halogens is 1. The van der Waals surface area contributed by atoms with E-state index in [1.165, 1.54) is 0 Å². The van der Waals surface area contributed by atoms with Gasteiger partial charge in [-0.1, -0.05) is 24.1 Å². The zero-order chi connectivity index (χ0) is 16.9. The van der Waals surface area contributed by atoms with Crippen LogP contribution < -0.4 is 0 Å². The number of amides is 1. The summed E-state index contributed by atoms with van der Waals surface area (Å²) in [5.41, 5.74) is 0.947. The molecule has 1 aliphatic heterocycles. The van der Waals surface area contributed by atoms with Gasteiger partial charge >= 0.3 is 6.09 Å². The molecule has 0 unspecified atom stereocenters. The zero-order valence-electron chi connectivity index (χ0n) is 13.9. The quantitative estimate of drug-likeness (QED) is 0.668. The van der Waals surface area contributed by atoms with Gasteiger partial charge in [0.2, 0.25) is 0 Å². The van der Waals surface area contributed by atoms with Crippen LogP contribution >= 0.6 is 0 Å². The van der Waals surface area contributed by atoms with Gasteiger partial charge in [0, 0.05) is 18.7 Å². The topological polar surface area (TPSA) is 29.5 Å². The van der Waals surface area contributed by atoms with Crippen molar-refractivity contribution >= 4 is 6.09 Å². The molecule has 1 aromatic rings. The van der Waals surface area contributed by atoms with Crippen LogP contribution in [0.5, 0.6) is 0 Å². The minimum absolute atomic E-state index is 0.340. The first-order valence-electron chi connectivity index (χ1n) is 7.78. The van der Waals surface area contributed by atoms with Gasteiger partial charge in [0.25, 0.3) is 0 Å². The lowest BCUT2D eigenvalue weighted by atomic mass is 10.0. The maximum Gasteiger partial charge on any atom is 0.410 e. The molecular formula is C19H22FNO2. The molecule has 1 heterocycles. The largest absolute Gasteiger partial charge is 0.444 e. The fourth-order valence-electron chi connectivity index (χ4n) is 2.24. The second kappa shape index (κ2) is 7.32. The van der Waals surface area contributed by atoms with E-state index in [0.717, 1.165) is 5.56 Å². The van der Waals surface area contributed by atoms with E-state index in [1.54, 1.807) is 4.90 Å². The summed E-state index contributed by atoms with van der Waals surface area (Å²) in [6.45, 7) is 6.42. The summed E-state index contributed by atoms with van der Waals surface area (Å²) >= 11 is 0. The van der Waals surface area contributed by atoms with Gasteiger partial charge in [-0.3, -0.25) is 0 Å². The Morgan fingerprint density at radius 2 is 1.78 bits per heavy atom. The van der Waals surface area contributed by atoms with Crippen LogP contribution in [0.2, 0.25) is 0 Å². The average Bonchev–Trinajstić information content (AvgIpc) is 2.52. The molecule has 4 heteroatoms. The molecule has 0 radical (unpaired) electrons. The molecule has 0 saturated carbocycles. The van der Waals surface area contributed by atoms with Gasteiger partial charge in [-0.05, 0) is 57.2 Å². The fraction of sp³-hybridized carbons (Fsp3) is 0.421. The van der Waals surface area contributed by atoms with Crippen molar-refractivity contribution in [3.8, 4) is 11.8 Å². The number of allylic oxidation sites excluding steroid dienone is 1. The Balaban J connectivity index is 1.95. The molecule has 1 aromatic carbocycles. The normalized spacial score (nSPS) is 14.8. The number of ether oxygens (including phenoxy) is 1. The summed E-state index contributed by atoms with van der Waals surface area (Å²) in [5.74, 6) is 5.02. The van der Waals surface area contributed by atoms with Gasteiger partial charge < -0.3 is 9.64 Å². The first kappa shape index (κ1) is 17.1. The Hall–Kier alpha value is -2.28. The molecule has 0 spiro atoms. The highest BCUT2D eigenvalue weighted by Gasteiger charge is 2.25. The van der Waals surface area contributed by atoms with Gasteiger partial charge in [-0.15, -0.1) is 0 Å². The highest BCUT2D eigenvalue weighted by atomic mass is 19.1. The fourth-order valence-corrected chi connectivity index (χ4v) is 2.24. The second-order valence-corrected chi connectivity index (χ2v) is 6.50. The molecule has 0 aliphatic carbocycles. The lowest BCUT2D eigenvalue weighted by molar-refractivity contribution is 0.0235. The molecule has 2 rings (SSSR count). The predicted octanol–water partition coefficient (Wildman–Crippen LogP) is 4.29. The predicted molar refractivity (Wildman–Crippen MR) is 88.5 cm³/mol. The third-order valence-electron chi connectivity index (χ3n) is 3.42. The van der Waals surface area contributed by atoms with Crippen LogP contribution in [0.4, 0.5) is 9.18 Å². The molecule has 0 aromatic heterocycles. The number of hydrogen-bond donors (Lipinski definition) is 0. The van der Waals surface area contributed by atoms with Crippen LogP contribution in [-0.4, -0.2) is 29.7 Å². The molecule has 1 aliphatic rings. The maximum atomic E-state index is 14.1. The van der Waals surface area contributed by atoms with Crippen LogP contribution in [0, 0.1) is 11.8 Å². The molecule has 122 valence electrons. The molecule has 1 amide bonds. The van der Waals surface area contributed by atoms with Crippen LogP contribution in [0.25, 0.3) is 0 Å². The van der Waals surface area contributed by atoms with Gasteiger partial charge in [-0.2, -0.15) is 4.39 Å². The standard InChI is InChI=1S/C19H22FNO2/c1-19(2,3)23-18(22)21-13-11-16(12-14-21)17(20)10-9-15-7-5-4-6-8-15/h4-8H,11-14H2,1-3H3. The first-order valence-corrected chi connectivity index (χ1v) is 7.78. The summed E-state index contributed by atoms with van der Waals surface area (Å²) < 4.78 is 19.5. The average molecular weight is 315 g/mol. The van der Waals surface area contributed by atoms with Crippen LogP contribution in [0.15, 0.2) is 41.7 Å². The van der Waals surface area contributed by atoms with Crippen molar-refractivity contribution in [1.29, 1.82) is 0 Å². The van der Waals surface area contributed by atoms with Gasteiger partial charge in [0.15, 0.2) is 5.83 Å². The number of piperidine rings is 1. The highest BCUT2D eigenvalue weighted by Crippen LogP contribution is 2.22. The number of nitrogens with zero attached hydrogens (tertiary/aromatic N) is 1. The van der Waals surface area contributed by atoms with E-state index in [9.17, 15) is 9.18 Å². The number of carbonyl (C=O) groups is 1. The van der Waals surface area contributed by atoms with Crippen molar-refractivity contribution < 1.29 is 13.9 Å². The van der Waals surface area contributed by atoms with E-state index in [2.05, 4.69) is 11.8 Å². The van der Waals surface area contributed by atoms with Gasteiger partial charge in [0.05, 0.1) is 0 Å². The Bertz CT molecular complexity index is 637. The maximum absolute atomic E-state index is 14.1. The summed E-state index contributed by atoms with van der Waals surface area (Å²) in [4.78, 5) is 13.6. The summed E-state index contributed by atoms with van der Waals surface area (Å²) in [6.07, 6.45) is 0.649. The Morgan fingerprint density at radius 3 is 2.35 bits per heavy atom. The number of likely N-dealkylation sites (tertiary alicyclic amines) is 1. The molecule has 23 heavy (non-hydrogen) atoms. The minimum atomic E-state index is -0.514. The molecule has 0 bridgehead atoms. The SMILES string of the molecule is CC(C)(C)OC(=O)N1CCC(=C(F)C#Cc2ccccc2)CC1. The van der Waals surface area contributed by atoms with Crippen molar-refractivity contribution in [3.05, 3.63) is 47.3 Å². The zero-order valence-corrected chi connectivity index (χ0v) is 13.9. The lowest BCUT2D eigenvalue weighted by Crippen LogP contribution is -2.40. The summed E-state index contributed by atoms with van der Waals surface area (Å²) in [7, 11) is 0. The third kappa shape index (κ3) is 5.45. The first-order chi connectivity index (χ1) is 10.8. The third-order valence-corrected chi connectivity index (χ3v) is 3.42. The van der Waals surface area contributed by atoms with Crippen LogP contribution in [-0.2, 0) is 4.74 Å². The monoisotopic (exact) mass is 315 g/mol.